The van der Waals surface area contributed by atoms with Gasteiger partial charge in [0.05, 0.1) is 12.3 Å². The van der Waals surface area contributed by atoms with E-state index in [1.54, 1.807) is 13.8 Å². The van der Waals surface area contributed by atoms with Crippen molar-refractivity contribution in [3.05, 3.63) is 0 Å². The van der Waals surface area contributed by atoms with Crippen molar-refractivity contribution >= 4 is 15.9 Å². The van der Waals surface area contributed by atoms with Gasteiger partial charge in [-0.25, -0.2) is 13.1 Å². The second-order valence-corrected chi connectivity index (χ2v) is 6.99. The Hall–Kier alpha value is -0.660. The van der Waals surface area contributed by atoms with E-state index in [0.717, 1.165) is 6.26 Å². The summed E-state index contributed by atoms with van der Waals surface area (Å²) < 4.78 is 24.6. The molecule has 17 heavy (non-hydrogen) atoms. The molecular weight excluding hydrogens is 242 g/mol. The molecule has 1 atom stereocenters. The summed E-state index contributed by atoms with van der Waals surface area (Å²) in [6.45, 7) is 7.28. The van der Waals surface area contributed by atoms with E-state index in [2.05, 4.69) is 10.0 Å². The number of nitrogens with one attached hydrogen (secondary N) is 2. The Balaban J connectivity index is 4.33. The fourth-order valence-electron chi connectivity index (χ4n) is 1.27. The average Bonchev–Trinajstić information content (AvgIpc) is 2.09. The summed E-state index contributed by atoms with van der Waals surface area (Å²) in [5, 5.41) is 2.64. The highest BCUT2D eigenvalue weighted by molar-refractivity contribution is 7.88. The predicted molar refractivity (Wildman–Crippen MR) is 67.9 cm³/mol. The molecule has 0 bridgehead atoms. The molecule has 0 aromatic rings. The van der Waals surface area contributed by atoms with Gasteiger partial charge in [0.25, 0.3) is 0 Å². The topological polar surface area (TPSA) is 101 Å². The zero-order chi connectivity index (χ0) is 13.9. The minimum absolute atomic E-state index is 0.0426. The van der Waals surface area contributed by atoms with Gasteiger partial charge in [0.1, 0.15) is 0 Å². The average molecular weight is 265 g/mol. The molecule has 0 spiro atoms. The van der Waals surface area contributed by atoms with Gasteiger partial charge in [-0.05, 0) is 19.8 Å². The Bertz CT molecular complexity index is 363. The first-order chi connectivity index (χ1) is 7.44. The maximum absolute atomic E-state index is 11.6. The molecule has 7 heteroatoms. The lowest BCUT2D eigenvalue weighted by molar-refractivity contribution is -0.123. The number of carbonyl (C=O) groups excluding carboxylic acids is 1. The van der Waals surface area contributed by atoms with Gasteiger partial charge in [0, 0.05) is 12.1 Å². The SMILES string of the molecule is CC(C)C(N)C(=O)NCC(C)(C)NS(C)(=O)=O. The largest absolute Gasteiger partial charge is 0.353 e. The Morgan fingerprint density at radius 3 is 2.18 bits per heavy atom. The fourth-order valence-corrected chi connectivity index (χ4v) is 2.34. The summed E-state index contributed by atoms with van der Waals surface area (Å²) in [5.41, 5.74) is 4.93. The fraction of sp³-hybridized carbons (Fsp3) is 0.900. The predicted octanol–water partition coefficient (Wildman–Crippen LogP) is -0.586. The maximum Gasteiger partial charge on any atom is 0.237 e. The number of hydrogen-bond acceptors (Lipinski definition) is 4. The first-order valence-corrected chi connectivity index (χ1v) is 7.36. The van der Waals surface area contributed by atoms with Gasteiger partial charge in [-0.15, -0.1) is 0 Å². The highest BCUT2D eigenvalue weighted by Crippen LogP contribution is 2.03. The van der Waals surface area contributed by atoms with Crippen molar-refractivity contribution in [2.75, 3.05) is 12.8 Å². The summed E-state index contributed by atoms with van der Waals surface area (Å²) in [6, 6.07) is -0.580. The summed E-state index contributed by atoms with van der Waals surface area (Å²) in [7, 11) is -3.30. The Morgan fingerprint density at radius 2 is 1.82 bits per heavy atom. The van der Waals surface area contributed by atoms with Crippen molar-refractivity contribution < 1.29 is 13.2 Å². The van der Waals surface area contributed by atoms with E-state index in [4.69, 9.17) is 5.73 Å². The third-order valence-corrected chi connectivity index (χ3v) is 3.11. The molecule has 0 saturated carbocycles. The highest BCUT2D eigenvalue weighted by atomic mass is 32.2. The Kier molecular flexibility index (Phi) is 5.57. The molecule has 0 radical (unpaired) electrons. The zero-order valence-corrected chi connectivity index (χ0v) is 11.9. The summed E-state index contributed by atoms with van der Waals surface area (Å²) in [6.07, 6.45) is 1.08. The van der Waals surface area contributed by atoms with E-state index in [0.29, 0.717) is 0 Å². The molecule has 0 saturated heterocycles. The van der Waals surface area contributed by atoms with Crippen LogP contribution >= 0.6 is 0 Å². The van der Waals surface area contributed by atoms with E-state index >= 15 is 0 Å². The minimum atomic E-state index is -3.30. The molecule has 102 valence electrons. The van der Waals surface area contributed by atoms with Crippen LogP contribution < -0.4 is 15.8 Å². The van der Waals surface area contributed by atoms with E-state index in [1.807, 2.05) is 13.8 Å². The van der Waals surface area contributed by atoms with Gasteiger partial charge < -0.3 is 11.1 Å². The molecule has 1 unspecified atom stereocenters. The molecule has 0 aromatic heterocycles. The minimum Gasteiger partial charge on any atom is -0.353 e. The number of nitrogens with two attached hydrogens (primary N) is 1. The van der Waals surface area contributed by atoms with Gasteiger partial charge in [-0.3, -0.25) is 4.79 Å². The molecule has 0 heterocycles. The van der Waals surface area contributed by atoms with Crippen LogP contribution in [0.15, 0.2) is 0 Å². The third-order valence-electron chi connectivity index (χ3n) is 2.19. The first-order valence-electron chi connectivity index (χ1n) is 5.47. The number of amides is 1. The van der Waals surface area contributed by atoms with E-state index < -0.39 is 21.6 Å². The van der Waals surface area contributed by atoms with Crippen molar-refractivity contribution in [1.29, 1.82) is 0 Å². The van der Waals surface area contributed by atoms with Crippen molar-refractivity contribution in [3.8, 4) is 0 Å². The van der Waals surface area contributed by atoms with Crippen LogP contribution in [0.1, 0.15) is 27.7 Å². The standard InChI is InChI=1S/C10H23N3O3S/c1-7(2)8(11)9(14)12-6-10(3,4)13-17(5,15)16/h7-8,13H,6,11H2,1-5H3,(H,12,14). The van der Waals surface area contributed by atoms with Crippen molar-refractivity contribution in [2.45, 2.75) is 39.3 Å². The van der Waals surface area contributed by atoms with E-state index in [9.17, 15) is 13.2 Å². The molecule has 0 fully saturated rings. The normalized spacial score (nSPS) is 14.8. The lowest BCUT2D eigenvalue weighted by Crippen LogP contribution is -2.54. The summed E-state index contributed by atoms with van der Waals surface area (Å²) in [5.74, 6) is -0.232. The molecule has 0 rings (SSSR count). The first kappa shape index (κ1) is 16.3. The van der Waals surface area contributed by atoms with Crippen LogP contribution in [0.4, 0.5) is 0 Å². The van der Waals surface area contributed by atoms with Crippen LogP contribution in [0.2, 0.25) is 0 Å². The summed E-state index contributed by atoms with van der Waals surface area (Å²) >= 11 is 0. The number of carbonyl (C=O) groups is 1. The Labute approximate surface area is 103 Å². The molecule has 0 aromatic carbocycles. The second-order valence-electron chi connectivity index (χ2n) is 5.25. The molecule has 0 aliphatic heterocycles. The van der Waals surface area contributed by atoms with E-state index in [1.165, 1.54) is 0 Å². The number of hydrogen-bond donors (Lipinski definition) is 3. The van der Waals surface area contributed by atoms with Gasteiger partial charge in [-0.2, -0.15) is 0 Å². The van der Waals surface area contributed by atoms with Gasteiger partial charge >= 0.3 is 0 Å². The van der Waals surface area contributed by atoms with Crippen molar-refractivity contribution in [2.24, 2.45) is 11.7 Å². The number of sulfonamides is 1. The smallest absolute Gasteiger partial charge is 0.237 e. The molecule has 6 nitrogen and oxygen atoms in total. The van der Waals surface area contributed by atoms with Gasteiger partial charge in [-0.1, -0.05) is 13.8 Å². The van der Waals surface area contributed by atoms with Crippen molar-refractivity contribution in [3.63, 3.8) is 0 Å². The Morgan fingerprint density at radius 1 is 1.35 bits per heavy atom. The van der Waals surface area contributed by atoms with Crippen LogP contribution in [0, 0.1) is 5.92 Å². The molecule has 0 aliphatic carbocycles. The zero-order valence-electron chi connectivity index (χ0n) is 11.1. The van der Waals surface area contributed by atoms with Crippen LogP contribution in [0.25, 0.3) is 0 Å². The highest BCUT2D eigenvalue weighted by Gasteiger charge is 2.24. The van der Waals surface area contributed by atoms with Gasteiger partial charge in [0.15, 0.2) is 0 Å². The lowest BCUT2D eigenvalue weighted by atomic mass is 10.0. The van der Waals surface area contributed by atoms with Gasteiger partial charge in [0.2, 0.25) is 15.9 Å². The third kappa shape index (κ3) is 7.30. The molecule has 4 N–H and O–H groups in total. The van der Waals surface area contributed by atoms with Crippen LogP contribution in [-0.2, 0) is 14.8 Å². The quantitative estimate of drug-likeness (QED) is 0.597. The molecule has 1 amide bonds. The van der Waals surface area contributed by atoms with Crippen LogP contribution in [-0.4, -0.2) is 38.7 Å². The van der Waals surface area contributed by atoms with Crippen LogP contribution in [0.5, 0.6) is 0 Å². The summed E-state index contributed by atoms with van der Waals surface area (Å²) in [4.78, 5) is 11.6. The van der Waals surface area contributed by atoms with Crippen LogP contribution in [0.3, 0.4) is 0 Å². The lowest BCUT2D eigenvalue weighted by Gasteiger charge is -2.26. The molecular formula is C10H23N3O3S. The number of rotatable bonds is 6. The van der Waals surface area contributed by atoms with E-state index in [-0.39, 0.29) is 18.4 Å². The maximum atomic E-state index is 11.6. The second kappa shape index (κ2) is 5.79. The monoisotopic (exact) mass is 265 g/mol. The van der Waals surface area contributed by atoms with Crippen molar-refractivity contribution in [1.82, 2.24) is 10.0 Å². The molecule has 0 aliphatic rings.